The van der Waals surface area contributed by atoms with Gasteiger partial charge in [-0.1, -0.05) is 18.2 Å². The second-order valence-electron chi connectivity index (χ2n) is 6.06. The molecule has 0 fully saturated rings. The number of fused-ring (bicyclic) bond motifs is 1. The van der Waals surface area contributed by atoms with E-state index in [1.54, 1.807) is 10.9 Å². The molecule has 1 aromatic carbocycles. The minimum Gasteiger partial charge on any atom is -0.323 e. The van der Waals surface area contributed by atoms with E-state index in [1.165, 1.54) is 0 Å². The first-order valence-electron chi connectivity index (χ1n) is 8.12. The van der Waals surface area contributed by atoms with Gasteiger partial charge in [0.25, 0.3) is 5.95 Å². The Hall–Kier alpha value is -3.12. The lowest BCUT2D eigenvalue weighted by molar-refractivity contribution is 0.782. The summed E-state index contributed by atoms with van der Waals surface area (Å²) in [6.45, 7) is 3.87. The van der Waals surface area contributed by atoms with Crippen LogP contribution in [0.4, 0.5) is 0 Å². The summed E-state index contributed by atoms with van der Waals surface area (Å²) >= 11 is 0. The number of benzene rings is 1. The van der Waals surface area contributed by atoms with E-state index in [0.717, 1.165) is 33.5 Å². The Kier molecular flexibility index (Phi) is 3.74. The van der Waals surface area contributed by atoms with Crippen molar-refractivity contribution >= 4 is 10.9 Å². The lowest BCUT2D eigenvalue weighted by Crippen LogP contribution is -2.07. The summed E-state index contributed by atoms with van der Waals surface area (Å²) in [6, 6.07) is 13.8. The van der Waals surface area contributed by atoms with Crippen LogP contribution in [0.5, 0.6) is 0 Å². The quantitative estimate of drug-likeness (QED) is 0.624. The molecule has 4 rings (SSSR count). The van der Waals surface area contributed by atoms with Gasteiger partial charge in [-0.05, 0) is 38.1 Å². The fraction of sp³-hybridized carbons (Fsp3) is 0.158. The van der Waals surface area contributed by atoms with Crippen molar-refractivity contribution in [2.24, 2.45) is 5.73 Å². The summed E-state index contributed by atoms with van der Waals surface area (Å²) in [5, 5.41) is 5.46. The number of nitrogens with two attached hydrogens (primary N) is 1. The van der Waals surface area contributed by atoms with Gasteiger partial charge >= 0.3 is 0 Å². The van der Waals surface area contributed by atoms with Crippen LogP contribution in [0.25, 0.3) is 28.1 Å². The van der Waals surface area contributed by atoms with Crippen LogP contribution in [0.2, 0.25) is 0 Å². The zero-order valence-electron chi connectivity index (χ0n) is 14.1. The lowest BCUT2D eigenvalue weighted by Gasteiger charge is -2.08. The van der Waals surface area contributed by atoms with E-state index in [-0.39, 0.29) is 6.04 Å². The van der Waals surface area contributed by atoms with Crippen LogP contribution < -0.4 is 5.73 Å². The van der Waals surface area contributed by atoms with Gasteiger partial charge in [0.2, 0.25) is 0 Å². The standard InChI is InChI=1S/C19H18N6/c1-12-8-9-21-19(23-12)25-18-10-14(6-7-15(18)11-22-25)17-5-3-4-16(24-17)13(2)20/h3-11,13H,20H2,1-2H3. The molecular weight excluding hydrogens is 312 g/mol. The molecule has 0 radical (unpaired) electrons. The first kappa shape index (κ1) is 15.4. The topological polar surface area (TPSA) is 82.5 Å². The molecule has 0 spiro atoms. The summed E-state index contributed by atoms with van der Waals surface area (Å²) in [5.41, 5.74) is 10.6. The monoisotopic (exact) mass is 330 g/mol. The molecule has 0 aliphatic carbocycles. The van der Waals surface area contributed by atoms with Crippen LogP contribution in [0.1, 0.15) is 24.4 Å². The number of hydrogen-bond donors (Lipinski definition) is 1. The van der Waals surface area contributed by atoms with E-state index in [1.807, 2.05) is 56.4 Å². The molecule has 6 nitrogen and oxygen atoms in total. The number of aromatic nitrogens is 5. The molecule has 2 N–H and O–H groups in total. The number of pyridine rings is 1. The van der Waals surface area contributed by atoms with E-state index in [9.17, 15) is 0 Å². The van der Waals surface area contributed by atoms with E-state index in [0.29, 0.717) is 5.95 Å². The maximum atomic E-state index is 5.96. The van der Waals surface area contributed by atoms with E-state index >= 15 is 0 Å². The fourth-order valence-corrected chi connectivity index (χ4v) is 2.74. The van der Waals surface area contributed by atoms with Crippen LogP contribution in [-0.2, 0) is 0 Å². The molecule has 3 aromatic heterocycles. The van der Waals surface area contributed by atoms with Gasteiger partial charge < -0.3 is 5.73 Å². The number of aryl methyl sites for hydroxylation is 1. The predicted octanol–water partition coefficient (Wildman–Crippen LogP) is 3.21. The summed E-state index contributed by atoms with van der Waals surface area (Å²) in [4.78, 5) is 13.5. The van der Waals surface area contributed by atoms with Crippen molar-refractivity contribution in [1.82, 2.24) is 24.7 Å². The summed E-state index contributed by atoms with van der Waals surface area (Å²) < 4.78 is 1.75. The third-order valence-electron chi connectivity index (χ3n) is 4.08. The van der Waals surface area contributed by atoms with Crippen LogP contribution >= 0.6 is 0 Å². The molecule has 1 atom stereocenters. The highest BCUT2D eigenvalue weighted by atomic mass is 15.3. The minimum absolute atomic E-state index is 0.102. The van der Waals surface area contributed by atoms with Crippen LogP contribution in [-0.4, -0.2) is 24.7 Å². The van der Waals surface area contributed by atoms with Gasteiger partial charge in [-0.15, -0.1) is 0 Å². The third kappa shape index (κ3) is 2.88. The Labute approximate surface area is 145 Å². The van der Waals surface area contributed by atoms with Gasteiger partial charge in [0.1, 0.15) is 0 Å². The Morgan fingerprint density at radius 3 is 2.76 bits per heavy atom. The second kappa shape index (κ2) is 6.07. The molecule has 0 aliphatic rings. The smallest absolute Gasteiger partial charge is 0.251 e. The van der Waals surface area contributed by atoms with E-state index in [2.05, 4.69) is 26.1 Å². The summed E-state index contributed by atoms with van der Waals surface area (Å²) in [6.07, 6.45) is 3.55. The SMILES string of the molecule is Cc1ccnc(-n2ncc3ccc(-c4cccc(C(C)N)n4)cc32)n1. The molecule has 0 saturated heterocycles. The van der Waals surface area contributed by atoms with E-state index in [4.69, 9.17) is 5.73 Å². The zero-order chi connectivity index (χ0) is 17.4. The van der Waals surface area contributed by atoms with Gasteiger partial charge in [-0.25, -0.2) is 9.97 Å². The van der Waals surface area contributed by atoms with Gasteiger partial charge in [0.15, 0.2) is 0 Å². The molecule has 0 saturated carbocycles. The van der Waals surface area contributed by atoms with Crippen molar-refractivity contribution in [3.8, 4) is 17.2 Å². The zero-order valence-corrected chi connectivity index (χ0v) is 14.1. The number of hydrogen-bond acceptors (Lipinski definition) is 5. The Bertz CT molecular complexity index is 1050. The molecular formula is C19H18N6. The summed E-state index contributed by atoms with van der Waals surface area (Å²) in [7, 11) is 0. The highest BCUT2D eigenvalue weighted by molar-refractivity contribution is 5.84. The van der Waals surface area contributed by atoms with Crippen molar-refractivity contribution in [3.05, 3.63) is 66.2 Å². The van der Waals surface area contributed by atoms with Crippen LogP contribution in [0, 0.1) is 6.92 Å². The molecule has 4 aromatic rings. The fourth-order valence-electron chi connectivity index (χ4n) is 2.74. The molecule has 0 bridgehead atoms. The predicted molar refractivity (Wildman–Crippen MR) is 97.2 cm³/mol. The lowest BCUT2D eigenvalue weighted by atomic mass is 10.1. The average molecular weight is 330 g/mol. The molecule has 0 amide bonds. The van der Waals surface area contributed by atoms with Gasteiger partial charge in [0.05, 0.1) is 23.1 Å². The van der Waals surface area contributed by atoms with Gasteiger partial charge in [-0.3, -0.25) is 4.98 Å². The highest BCUT2D eigenvalue weighted by Crippen LogP contribution is 2.25. The first-order chi connectivity index (χ1) is 12.1. The average Bonchev–Trinajstić information content (AvgIpc) is 3.05. The van der Waals surface area contributed by atoms with Crippen molar-refractivity contribution in [1.29, 1.82) is 0 Å². The molecule has 6 heteroatoms. The molecule has 25 heavy (non-hydrogen) atoms. The first-order valence-corrected chi connectivity index (χ1v) is 8.12. The molecule has 0 aliphatic heterocycles. The normalized spacial score (nSPS) is 12.4. The van der Waals surface area contributed by atoms with Crippen LogP contribution in [0.3, 0.4) is 0 Å². The third-order valence-corrected chi connectivity index (χ3v) is 4.08. The Balaban J connectivity index is 1.85. The Morgan fingerprint density at radius 1 is 1.08 bits per heavy atom. The highest BCUT2D eigenvalue weighted by Gasteiger charge is 2.10. The minimum atomic E-state index is -0.102. The molecule has 124 valence electrons. The number of nitrogens with zero attached hydrogens (tertiary/aromatic N) is 5. The molecule has 1 unspecified atom stereocenters. The maximum absolute atomic E-state index is 5.96. The van der Waals surface area contributed by atoms with Crippen molar-refractivity contribution in [2.45, 2.75) is 19.9 Å². The Morgan fingerprint density at radius 2 is 1.96 bits per heavy atom. The van der Waals surface area contributed by atoms with Gasteiger partial charge in [0, 0.05) is 28.9 Å². The van der Waals surface area contributed by atoms with Crippen molar-refractivity contribution < 1.29 is 0 Å². The maximum Gasteiger partial charge on any atom is 0.251 e. The second-order valence-corrected chi connectivity index (χ2v) is 6.06. The summed E-state index contributed by atoms with van der Waals surface area (Å²) in [5.74, 6) is 0.560. The largest absolute Gasteiger partial charge is 0.323 e. The molecule has 3 heterocycles. The number of rotatable bonds is 3. The van der Waals surface area contributed by atoms with Gasteiger partial charge in [-0.2, -0.15) is 9.78 Å². The van der Waals surface area contributed by atoms with Crippen molar-refractivity contribution in [3.63, 3.8) is 0 Å². The van der Waals surface area contributed by atoms with Crippen LogP contribution in [0.15, 0.2) is 54.9 Å². The van der Waals surface area contributed by atoms with Crippen molar-refractivity contribution in [2.75, 3.05) is 0 Å². The van der Waals surface area contributed by atoms with E-state index < -0.39 is 0 Å².